The predicted octanol–water partition coefficient (Wildman–Crippen LogP) is 3.67. The first kappa shape index (κ1) is 11.6. The molecule has 14 heavy (non-hydrogen) atoms. The number of nitrogens with zero attached hydrogens (tertiary/aromatic N) is 1. The van der Waals surface area contributed by atoms with Gasteiger partial charge in [0.2, 0.25) is 0 Å². The average molecular weight is 195 g/mol. The molecule has 0 saturated carbocycles. The fraction of sp³-hybridized carbons (Fsp3) is 0.846. The first-order valence-electron chi connectivity index (χ1n) is 5.60. The van der Waals surface area contributed by atoms with Gasteiger partial charge in [-0.15, -0.1) is 0 Å². The van der Waals surface area contributed by atoms with Gasteiger partial charge in [0.15, 0.2) is 0 Å². The molecule has 1 atom stereocenters. The minimum atomic E-state index is 0.233. The summed E-state index contributed by atoms with van der Waals surface area (Å²) >= 11 is 0. The zero-order chi connectivity index (χ0) is 11.1. The summed E-state index contributed by atoms with van der Waals surface area (Å²) < 4.78 is 0. The van der Waals surface area contributed by atoms with Gasteiger partial charge in [0.25, 0.3) is 0 Å². The molecule has 0 N–H and O–H groups in total. The second-order valence-electron chi connectivity index (χ2n) is 6.52. The van der Waals surface area contributed by atoms with Crippen LogP contribution in [-0.2, 0) is 0 Å². The van der Waals surface area contributed by atoms with Crippen molar-refractivity contribution < 1.29 is 0 Å². The van der Waals surface area contributed by atoms with E-state index in [0.29, 0.717) is 11.3 Å². The van der Waals surface area contributed by atoms with E-state index < -0.39 is 0 Å². The number of hydrogen-bond acceptors (Lipinski definition) is 1. The standard InChI is InChI=1S/C13H25N/c1-10-11(12(2,3)4)8-9-14(10)13(5,6)7/h11H,1,8-9H2,2-7H3. The number of allylic oxidation sites excluding steroid dienone is 1. The van der Waals surface area contributed by atoms with Crippen molar-refractivity contribution in [3.8, 4) is 0 Å². The van der Waals surface area contributed by atoms with Gasteiger partial charge in [-0.2, -0.15) is 0 Å². The maximum atomic E-state index is 4.28. The Morgan fingerprint density at radius 1 is 1.14 bits per heavy atom. The maximum Gasteiger partial charge on any atom is 0.0314 e. The topological polar surface area (TPSA) is 3.24 Å². The summed E-state index contributed by atoms with van der Waals surface area (Å²) in [5.41, 5.74) is 1.93. The zero-order valence-electron chi connectivity index (χ0n) is 10.6. The quantitative estimate of drug-likeness (QED) is 0.570. The molecule has 0 aromatic carbocycles. The highest BCUT2D eigenvalue weighted by molar-refractivity contribution is 5.12. The summed E-state index contributed by atoms with van der Waals surface area (Å²) in [6.07, 6.45) is 1.26. The van der Waals surface area contributed by atoms with Gasteiger partial charge in [0.1, 0.15) is 0 Å². The van der Waals surface area contributed by atoms with Crippen molar-refractivity contribution in [2.24, 2.45) is 11.3 Å². The Morgan fingerprint density at radius 2 is 1.64 bits per heavy atom. The molecule has 1 aliphatic heterocycles. The lowest BCUT2D eigenvalue weighted by atomic mass is 9.79. The van der Waals surface area contributed by atoms with Gasteiger partial charge in [-0.1, -0.05) is 27.4 Å². The summed E-state index contributed by atoms with van der Waals surface area (Å²) in [7, 11) is 0. The number of rotatable bonds is 0. The van der Waals surface area contributed by atoms with Crippen molar-refractivity contribution in [2.45, 2.75) is 53.5 Å². The van der Waals surface area contributed by atoms with Gasteiger partial charge in [-0.3, -0.25) is 0 Å². The van der Waals surface area contributed by atoms with Crippen molar-refractivity contribution in [1.82, 2.24) is 4.90 Å². The van der Waals surface area contributed by atoms with E-state index in [4.69, 9.17) is 0 Å². The molecule has 0 amide bonds. The molecule has 1 aliphatic rings. The third kappa shape index (κ3) is 2.13. The highest BCUT2D eigenvalue weighted by Crippen LogP contribution is 2.42. The van der Waals surface area contributed by atoms with Crippen LogP contribution in [-0.4, -0.2) is 17.0 Å². The highest BCUT2D eigenvalue weighted by Gasteiger charge is 2.38. The van der Waals surface area contributed by atoms with Crippen molar-refractivity contribution in [1.29, 1.82) is 0 Å². The summed E-state index contributed by atoms with van der Waals surface area (Å²) in [4.78, 5) is 2.46. The first-order valence-corrected chi connectivity index (χ1v) is 5.60. The maximum absolute atomic E-state index is 4.28. The van der Waals surface area contributed by atoms with E-state index in [2.05, 4.69) is 53.0 Å². The van der Waals surface area contributed by atoms with Crippen LogP contribution in [0.15, 0.2) is 12.3 Å². The third-order valence-corrected chi connectivity index (χ3v) is 3.25. The summed E-state index contributed by atoms with van der Waals surface area (Å²) in [5.74, 6) is 0.654. The van der Waals surface area contributed by atoms with Crippen LogP contribution in [0.2, 0.25) is 0 Å². The van der Waals surface area contributed by atoms with Crippen LogP contribution in [0.5, 0.6) is 0 Å². The fourth-order valence-corrected chi connectivity index (χ4v) is 2.46. The van der Waals surface area contributed by atoms with Crippen molar-refractivity contribution >= 4 is 0 Å². The minimum absolute atomic E-state index is 0.233. The predicted molar refractivity (Wildman–Crippen MR) is 63.2 cm³/mol. The van der Waals surface area contributed by atoms with E-state index in [9.17, 15) is 0 Å². The molecule has 0 bridgehead atoms. The smallest absolute Gasteiger partial charge is 0.0314 e. The van der Waals surface area contributed by atoms with Crippen molar-refractivity contribution in [2.75, 3.05) is 6.54 Å². The lowest BCUT2D eigenvalue weighted by molar-refractivity contribution is 0.201. The van der Waals surface area contributed by atoms with E-state index in [-0.39, 0.29) is 5.54 Å². The van der Waals surface area contributed by atoms with Crippen molar-refractivity contribution in [3.63, 3.8) is 0 Å². The molecular formula is C13H25N. The molecule has 82 valence electrons. The van der Waals surface area contributed by atoms with E-state index in [0.717, 1.165) is 0 Å². The Bertz CT molecular complexity index is 203. The number of hydrogen-bond donors (Lipinski definition) is 0. The second-order valence-corrected chi connectivity index (χ2v) is 6.52. The van der Waals surface area contributed by atoms with Crippen LogP contribution < -0.4 is 0 Å². The summed E-state index contributed by atoms with van der Waals surface area (Å²) in [6, 6.07) is 0. The summed E-state index contributed by atoms with van der Waals surface area (Å²) in [5, 5.41) is 0. The second kappa shape index (κ2) is 3.29. The van der Waals surface area contributed by atoms with E-state index in [1.165, 1.54) is 18.7 Å². The SMILES string of the molecule is C=C1C(C(C)(C)C)CCN1C(C)(C)C. The largest absolute Gasteiger partial charge is 0.370 e. The molecule has 0 aromatic heterocycles. The molecule has 1 unspecified atom stereocenters. The van der Waals surface area contributed by atoms with Crippen LogP contribution in [0, 0.1) is 11.3 Å². The third-order valence-electron chi connectivity index (χ3n) is 3.25. The van der Waals surface area contributed by atoms with Crippen LogP contribution in [0.3, 0.4) is 0 Å². The Labute approximate surface area is 89.2 Å². The van der Waals surface area contributed by atoms with Gasteiger partial charge >= 0.3 is 0 Å². The van der Waals surface area contributed by atoms with Gasteiger partial charge in [0, 0.05) is 23.7 Å². The molecule has 0 aromatic rings. The van der Waals surface area contributed by atoms with Gasteiger partial charge in [-0.25, -0.2) is 0 Å². The Kier molecular flexibility index (Phi) is 2.73. The van der Waals surface area contributed by atoms with Crippen molar-refractivity contribution in [3.05, 3.63) is 12.3 Å². The van der Waals surface area contributed by atoms with Gasteiger partial charge in [0.05, 0.1) is 0 Å². The zero-order valence-corrected chi connectivity index (χ0v) is 10.6. The Hall–Kier alpha value is -0.460. The van der Waals surface area contributed by atoms with E-state index in [1.54, 1.807) is 0 Å². The Morgan fingerprint density at radius 3 is 1.86 bits per heavy atom. The van der Waals surface area contributed by atoms with E-state index >= 15 is 0 Å². The van der Waals surface area contributed by atoms with E-state index in [1.807, 2.05) is 0 Å². The molecule has 0 spiro atoms. The van der Waals surface area contributed by atoms with Crippen LogP contribution >= 0.6 is 0 Å². The molecule has 1 fully saturated rings. The molecule has 1 nitrogen and oxygen atoms in total. The monoisotopic (exact) mass is 195 g/mol. The van der Waals surface area contributed by atoms with Gasteiger partial charge in [-0.05, 0) is 32.6 Å². The molecular weight excluding hydrogens is 170 g/mol. The minimum Gasteiger partial charge on any atom is -0.370 e. The lowest BCUT2D eigenvalue weighted by Crippen LogP contribution is -2.38. The summed E-state index contributed by atoms with van der Waals surface area (Å²) in [6.45, 7) is 19.2. The lowest BCUT2D eigenvalue weighted by Gasteiger charge is -2.37. The fourth-order valence-electron chi connectivity index (χ4n) is 2.46. The normalized spacial score (nSPS) is 24.6. The van der Waals surface area contributed by atoms with Crippen LogP contribution in [0.1, 0.15) is 48.0 Å². The molecule has 1 heteroatoms. The van der Waals surface area contributed by atoms with Crippen LogP contribution in [0.25, 0.3) is 0 Å². The van der Waals surface area contributed by atoms with Crippen LogP contribution in [0.4, 0.5) is 0 Å². The molecule has 0 aliphatic carbocycles. The molecule has 0 radical (unpaired) electrons. The van der Waals surface area contributed by atoms with Gasteiger partial charge < -0.3 is 4.90 Å². The molecule has 1 heterocycles. The highest BCUT2D eigenvalue weighted by atomic mass is 15.2. The average Bonchev–Trinajstić information content (AvgIpc) is 2.26. The molecule has 1 rings (SSSR count). The first-order chi connectivity index (χ1) is 6.14. The number of likely N-dealkylation sites (tertiary alicyclic amines) is 1. The Balaban J connectivity index is 2.80. The molecule has 1 saturated heterocycles.